The van der Waals surface area contributed by atoms with Gasteiger partial charge in [-0.25, -0.2) is 0 Å². The van der Waals surface area contributed by atoms with Crippen LogP contribution in [-0.4, -0.2) is 40.1 Å². The maximum absolute atomic E-state index is 12.2. The van der Waals surface area contributed by atoms with E-state index in [1.165, 1.54) is 6.92 Å². The molecule has 22 heavy (non-hydrogen) atoms. The molecule has 0 radical (unpaired) electrons. The first-order valence-corrected chi connectivity index (χ1v) is 8.36. The third kappa shape index (κ3) is 5.55. The Morgan fingerprint density at radius 2 is 1.23 bits per heavy atom. The fraction of sp³-hybridized carbons (Fsp3) is 1.00. The predicted octanol–water partition coefficient (Wildman–Crippen LogP) is 2.28. The van der Waals surface area contributed by atoms with Gasteiger partial charge in [0.05, 0.1) is 0 Å². The molecule has 2 atom stereocenters. The summed E-state index contributed by atoms with van der Waals surface area (Å²) >= 11 is 0. The van der Waals surface area contributed by atoms with E-state index in [1.807, 2.05) is 0 Å². The molecule has 0 N–H and O–H groups in total. The zero-order valence-corrected chi connectivity index (χ0v) is 12.7. The monoisotopic (exact) mass is 382 g/mol. The average molecular weight is 382 g/mol. The van der Waals surface area contributed by atoms with Crippen molar-refractivity contribution in [1.82, 2.24) is 0 Å². The van der Waals surface area contributed by atoms with Gasteiger partial charge in [0.1, 0.15) is 12.2 Å². The smallest absolute Gasteiger partial charge is 0.257 e. The van der Waals surface area contributed by atoms with Gasteiger partial charge < -0.3 is 0 Å². The number of halogens is 6. The molecular formula is C8H12F6O6S2. The summed E-state index contributed by atoms with van der Waals surface area (Å²) in [7, 11) is -12.2. The molecule has 0 aliphatic carbocycles. The van der Waals surface area contributed by atoms with E-state index in [9.17, 15) is 43.2 Å². The van der Waals surface area contributed by atoms with E-state index in [4.69, 9.17) is 0 Å². The second-order valence-corrected chi connectivity index (χ2v) is 7.15. The Bertz CT molecular complexity index is 563. The quantitative estimate of drug-likeness (QED) is 0.381. The van der Waals surface area contributed by atoms with Crippen molar-refractivity contribution in [3.05, 3.63) is 0 Å². The van der Waals surface area contributed by atoms with E-state index >= 15 is 0 Å². The Morgan fingerprint density at radius 3 is 1.55 bits per heavy atom. The van der Waals surface area contributed by atoms with Crippen LogP contribution in [0, 0.1) is 0 Å². The summed E-state index contributed by atoms with van der Waals surface area (Å²) in [6.07, 6.45) is -4.65. The molecule has 134 valence electrons. The van der Waals surface area contributed by atoms with Crippen LogP contribution in [0.2, 0.25) is 0 Å². The van der Waals surface area contributed by atoms with Crippen molar-refractivity contribution >= 4 is 20.2 Å². The van der Waals surface area contributed by atoms with Crippen LogP contribution in [0.5, 0.6) is 0 Å². The van der Waals surface area contributed by atoms with Crippen LogP contribution in [0.4, 0.5) is 26.3 Å². The SMILES string of the molecule is CCCC(OS(=O)(=O)C(F)(F)F)C(C)OS(=O)(=O)C(F)(F)F. The second-order valence-electron chi connectivity index (χ2n) is 4.02. The minimum Gasteiger partial charge on any atom is -0.257 e. The summed E-state index contributed by atoms with van der Waals surface area (Å²) in [5.41, 5.74) is -11.6. The number of hydrogen-bond acceptors (Lipinski definition) is 6. The highest BCUT2D eigenvalue weighted by atomic mass is 32.2. The number of rotatable bonds is 7. The molecule has 0 aliphatic heterocycles. The zero-order chi connectivity index (χ0) is 18.0. The lowest BCUT2D eigenvalue weighted by Crippen LogP contribution is -2.39. The lowest BCUT2D eigenvalue weighted by Gasteiger charge is -2.24. The highest BCUT2D eigenvalue weighted by molar-refractivity contribution is 7.88. The van der Waals surface area contributed by atoms with Crippen molar-refractivity contribution in [3.63, 3.8) is 0 Å². The molecule has 0 aromatic heterocycles. The number of hydrogen-bond donors (Lipinski definition) is 0. The van der Waals surface area contributed by atoms with E-state index in [2.05, 4.69) is 8.37 Å². The van der Waals surface area contributed by atoms with Gasteiger partial charge in [-0.3, -0.25) is 8.37 Å². The molecule has 0 rings (SSSR count). The third-order valence-corrected chi connectivity index (χ3v) is 4.38. The second kappa shape index (κ2) is 6.88. The highest BCUT2D eigenvalue weighted by Gasteiger charge is 2.51. The van der Waals surface area contributed by atoms with Crippen molar-refractivity contribution in [3.8, 4) is 0 Å². The summed E-state index contributed by atoms with van der Waals surface area (Å²) in [6, 6.07) is 0. The molecule has 0 heterocycles. The summed E-state index contributed by atoms with van der Waals surface area (Å²) in [5, 5.41) is 0. The molecule has 6 nitrogen and oxygen atoms in total. The molecule has 0 fully saturated rings. The van der Waals surface area contributed by atoms with Crippen LogP contribution < -0.4 is 0 Å². The first-order chi connectivity index (χ1) is 9.55. The molecule has 2 unspecified atom stereocenters. The van der Waals surface area contributed by atoms with Crippen molar-refractivity contribution < 1.29 is 51.5 Å². The largest absolute Gasteiger partial charge is 0.523 e. The molecule has 0 spiro atoms. The lowest BCUT2D eigenvalue weighted by molar-refractivity contribution is -0.0697. The van der Waals surface area contributed by atoms with Crippen LogP contribution in [0.15, 0.2) is 0 Å². The molecule has 14 heteroatoms. The van der Waals surface area contributed by atoms with Gasteiger partial charge in [-0.05, 0) is 13.3 Å². The van der Waals surface area contributed by atoms with E-state index in [1.54, 1.807) is 0 Å². The normalized spacial score (nSPS) is 17.3. The summed E-state index contributed by atoms with van der Waals surface area (Å²) in [6.45, 7) is 2.01. The Kier molecular flexibility index (Phi) is 6.69. The van der Waals surface area contributed by atoms with Gasteiger partial charge >= 0.3 is 31.3 Å². The van der Waals surface area contributed by atoms with Crippen LogP contribution in [0.1, 0.15) is 26.7 Å². The summed E-state index contributed by atoms with van der Waals surface area (Å²) in [4.78, 5) is 0. The number of alkyl halides is 6. The van der Waals surface area contributed by atoms with Crippen molar-refractivity contribution in [2.24, 2.45) is 0 Å². The molecule has 0 aromatic rings. The van der Waals surface area contributed by atoms with Gasteiger partial charge in [0.25, 0.3) is 0 Å². The average Bonchev–Trinajstić information content (AvgIpc) is 2.24. The van der Waals surface area contributed by atoms with E-state index < -0.39 is 49.9 Å². The molecule has 0 saturated carbocycles. The molecule has 0 bridgehead atoms. The van der Waals surface area contributed by atoms with E-state index in [-0.39, 0.29) is 6.42 Å². The Labute approximate surface area is 122 Å². The maximum atomic E-state index is 12.2. The van der Waals surface area contributed by atoms with Crippen molar-refractivity contribution in [2.75, 3.05) is 0 Å². The first kappa shape index (κ1) is 21.4. The summed E-state index contributed by atoms with van der Waals surface area (Å²) in [5.74, 6) is 0. The lowest BCUT2D eigenvalue weighted by atomic mass is 10.1. The van der Waals surface area contributed by atoms with Gasteiger partial charge in [-0.2, -0.15) is 43.2 Å². The molecular weight excluding hydrogens is 370 g/mol. The minimum atomic E-state index is -6.11. The van der Waals surface area contributed by atoms with Gasteiger partial charge in [-0.1, -0.05) is 13.3 Å². The third-order valence-electron chi connectivity index (χ3n) is 2.19. The fourth-order valence-corrected chi connectivity index (χ4v) is 2.50. The van der Waals surface area contributed by atoms with Gasteiger partial charge in [0, 0.05) is 0 Å². The van der Waals surface area contributed by atoms with Crippen molar-refractivity contribution in [2.45, 2.75) is 49.9 Å². The standard InChI is InChI=1S/C8H12F6O6S2/c1-3-4-6(20-22(17,18)8(12,13)14)5(2)19-21(15,16)7(9,10)11/h5-6H,3-4H2,1-2H3. The zero-order valence-electron chi connectivity index (χ0n) is 11.1. The van der Waals surface area contributed by atoms with Crippen LogP contribution in [0.25, 0.3) is 0 Å². The minimum absolute atomic E-state index is 0.00217. The Morgan fingerprint density at radius 1 is 0.864 bits per heavy atom. The Hall–Kier alpha value is -0.600. The first-order valence-electron chi connectivity index (χ1n) is 5.54. The van der Waals surface area contributed by atoms with Crippen molar-refractivity contribution in [1.29, 1.82) is 0 Å². The van der Waals surface area contributed by atoms with Gasteiger partial charge in [0.15, 0.2) is 0 Å². The van der Waals surface area contributed by atoms with Crippen LogP contribution >= 0.6 is 0 Å². The molecule has 0 aliphatic rings. The topological polar surface area (TPSA) is 86.7 Å². The maximum Gasteiger partial charge on any atom is 0.523 e. The molecule has 0 amide bonds. The summed E-state index contributed by atoms with van der Waals surface area (Å²) < 4.78 is 123. The van der Waals surface area contributed by atoms with E-state index in [0.29, 0.717) is 6.92 Å². The van der Waals surface area contributed by atoms with Crippen LogP contribution in [0.3, 0.4) is 0 Å². The predicted molar refractivity (Wildman–Crippen MR) is 60.3 cm³/mol. The van der Waals surface area contributed by atoms with E-state index in [0.717, 1.165) is 0 Å². The highest BCUT2D eigenvalue weighted by Crippen LogP contribution is 2.30. The van der Waals surface area contributed by atoms with Gasteiger partial charge in [-0.15, -0.1) is 0 Å². The fourth-order valence-electron chi connectivity index (χ4n) is 1.18. The Balaban J connectivity index is 5.29. The van der Waals surface area contributed by atoms with Crippen LogP contribution in [-0.2, 0) is 28.6 Å². The molecule has 0 saturated heterocycles. The van der Waals surface area contributed by atoms with Gasteiger partial charge in [0.2, 0.25) is 0 Å². The molecule has 0 aromatic carbocycles.